The average Bonchev–Trinajstić information content (AvgIpc) is 3.12. The van der Waals surface area contributed by atoms with Gasteiger partial charge >= 0.3 is 6.18 Å². The number of anilines is 1. The quantitative estimate of drug-likeness (QED) is 0.707. The van der Waals surface area contributed by atoms with Crippen LogP contribution in [0.4, 0.5) is 19.1 Å². The molecule has 3 aromatic heterocycles. The van der Waals surface area contributed by atoms with Crippen LogP contribution in [0, 0.1) is 0 Å². The van der Waals surface area contributed by atoms with Gasteiger partial charge in [-0.2, -0.15) is 13.2 Å². The van der Waals surface area contributed by atoms with E-state index in [1.807, 2.05) is 0 Å². The van der Waals surface area contributed by atoms with Crippen LogP contribution in [0.1, 0.15) is 36.8 Å². The number of fused-ring (bicyclic) bond motifs is 1. The summed E-state index contributed by atoms with van der Waals surface area (Å²) in [6, 6.07) is 2.22. The lowest BCUT2D eigenvalue weighted by Gasteiger charge is -2.14. The first-order valence-electron chi connectivity index (χ1n) is 7.19. The molecule has 0 radical (unpaired) electrons. The Morgan fingerprint density at radius 1 is 1.20 bits per heavy atom. The summed E-state index contributed by atoms with van der Waals surface area (Å²) < 4.78 is 42.5. The van der Waals surface area contributed by atoms with Crippen molar-refractivity contribution in [1.29, 1.82) is 0 Å². The molecule has 3 heterocycles. The second kappa shape index (κ2) is 6.02. The van der Waals surface area contributed by atoms with Gasteiger partial charge in [-0.1, -0.05) is 31.2 Å². The summed E-state index contributed by atoms with van der Waals surface area (Å²) in [4.78, 5) is 0.138. The van der Waals surface area contributed by atoms with Crippen molar-refractivity contribution >= 4 is 28.8 Å². The predicted octanol–water partition coefficient (Wildman–Crippen LogP) is 2.18. The van der Waals surface area contributed by atoms with E-state index in [2.05, 4.69) is 31.0 Å². The number of hydrogen-bond donors (Lipinski definition) is 1. The number of pyridine rings is 1. The van der Waals surface area contributed by atoms with Crippen LogP contribution in [0.2, 0.25) is 0 Å². The number of thiocarbonyl (C=S) groups is 1. The molecule has 0 atom stereocenters. The lowest BCUT2D eigenvalue weighted by Crippen LogP contribution is -2.19. The summed E-state index contributed by atoms with van der Waals surface area (Å²) in [5, 5.41) is 21.5. The van der Waals surface area contributed by atoms with Gasteiger partial charge in [-0.3, -0.25) is 4.40 Å². The molecule has 0 aromatic carbocycles. The normalized spacial score (nSPS) is 12.1. The summed E-state index contributed by atoms with van der Waals surface area (Å²) in [6.07, 6.45) is -4.55. The van der Waals surface area contributed by atoms with E-state index in [9.17, 15) is 13.2 Å². The molecule has 0 aliphatic rings. The Labute approximate surface area is 145 Å². The van der Waals surface area contributed by atoms with Gasteiger partial charge in [0.05, 0.1) is 5.56 Å². The van der Waals surface area contributed by atoms with Crippen molar-refractivity contribution in [1.82, 2.24) is 34.8 Å². The molecule has 1 N–H and O–H groups in total. The average molecular weight is 370 g/mol. The van der Waals surface area contributed by atoms with E-state index in [0.717, 1.165) is 10.5 Å². The summed E-state index contributed by atoms with van der Waals surface area (Å²) >= 11 is 5.28. The number of alkyl halides is 3. The lowest BCUT2D eigenvalue weighted by molar-refractivity contribution is -0.142. The van der Waals surface area contributed by atoms with Crippen LogP contribution in [0.3, 0.4) is 0 Å². The fourth-order valence-corrected chi connectivity index (χ4v) is 2.55. The van der Waals surface area contributed by atoms with Gasteiger partial charge in [-0.05, 0) is 22.6 Å². The molecular formula is C13H13F3N8S. The molecule has 0 unspecified atom stereocenters. The Morgan fingerprint density at radius 2 is 1.92 bits per heavy atom. The smallest absolute Gasteiger partial charge is 0.313 e. The molecule has 0 aliphatic heterocycles. The van der Waals surface area contributed by atoms with Crippen molar-refractivity contribution in [2.24, 2.45) is 7.05 Å². The molecule has 0 bridgehead atoms. The third kappa shape index (κ3) is 3.04. The highest BCUT2D eigenvalue weighted by molar-refractivity contribution is 7.81. The molecule has 3 rings (SSSR count). The number of nitrogens with zero attached hydrogens (tertiary/aromatic N) is 7. The van der Waals surface area contributed by atoms with Crippen LogP contribution in [-0.2, 0) is 13.2 Å². The van der Waals surface area contributed by atoms with Gasteiger partial charge in [-0.15, -0.1) is 10.2 Å². The fraction of sp³-hybridized carbons (Fsp3) is 0.385. The molecule has 12 heteroatoms. The molecule has 0 aliphatic carbocycles. The molecule has 0 fully saturated rings. The molecule has 8 nitrogen and oxygen atoms in total. The SMILES string of the molecule is CC(C)c1nnc2c(C(=S)Nc3nnnn3C)ccc(C(F)(F)F)n12. The first-order valence-corrected chi connectivity index (χ1v) is 7.60. The maximum Gasteiger partial charge on any atom is 0.431 e. The first kappa shape index (κ1) is 17.2. The van der Waals surface area contributed by atoms with Crippen molar-refractivity contribution in [3.63, 3.8) is 0 Å². The number of aromatic nitrogens is 7. The molecule has 0 spiro atoms. The van der Waals surface area contributed by atoms with E-state index >= 15 is 0 Å². The predicted molar refractivity (Wildman–Crippen MR) is 86.2 cm³/mol. The van der Waals surface area contributed by atoms with E-state index < -0.39 is 11.9 Å². The fourth-order valence-electron chi connectivity index (χ4n) is 2.30. The summed E-state index contributed by atoms with van der Waals surface area (Å²) in [5.74, 6) is 0.203. The van der Waals surface area contributed by atoms with E-state index in [1.54, 1.807) is 20.9 Å². The number of rotatable bonds is 3. The van der Waals surface area contributed by atoms with E-state index in [4.69, 9.17) is 12.2 Å². The monoisotopic (exact) mass is 370 g/mol. The number of hydrogen-bond acceptors (Lipinski definition) is 6. The standard InChI is InChI=1S/C13H13F3N8S/c1-6(2)9-18-19-10-7(4-5-8(24(9)10)13(14,15)16)11(25)17-12-20-21-22-23(12)3/h4-6H,1-3H3,(H,17,20,22,25). The van der Waals surface area contributed by atoms with Gasteiger partial charge in [0.1, 0.15) is 16.5 Å². The zero-order chi connectivity index (χ0) is 18.4. The zero-order valence-electron chi connectivity index (χ0n) is 13.4. The van der Waals surface area contributed by atoms with Crippen molar-refractivity contribution < 1.29 is 13.2 Å². The van der Waals surface area contributed by atoms with Crippen LogP contribution in [0.5, 0.6) is 0 Å². The first-order chi connectivity index (χ1) is 11.7. The van der Waals surface area contributed by atoms with Gasteiger partial charge < -0.3 is 5.32 Å². The van der Waals surface area contributed by atoms with Crippen LogP contribution in [0.25, 0.3) is 5.65 Å². The van der Waals surface area contributed by atoms with Gasteiger partial charge in [0.2, 0.25) is 5.95 Å². The Morgan fingerprint density at radius 3 is 2.48 bits per heavy atom. The van der Waals surface area contributed by atoms with Crippen LogP contribution < -0.4 is 5.32 Å². The Bertz CT molecular complexity index is 943. The second-order valence-electron chi connectivity index (χ2n) is 5.58. The Hall–Kier alpha value is -2.63. The maximum absolute atomic E-state index is 13.4. The molecule has 132 valence electrons. The van der Waals surface area contributed by atoms with E-state index in [0.29, 0.717) is 5.56 Å². The minimum Gasteiger partial charge on any atom is -0.313 e. The summed E-state index contributed by atoms with van der Waals surface area (Å²) in [6.45, 7) is 3.48. The molecule has 25 heavy (non-hydrogen) atoms. The van der Waals surface area contributed by atoms with Crippen LogP contribution in [-0.4, -0.2) is 39.8 Å². The highest BCUT2D eigenvalue weighted by atomic mass is 32.1. The largest absolute Gasteiger partial charge is 0.431 e. The van der Waals surface area contributed by atoms with E-state index in [-0.39, 0.29) is 28.3 Å². The van der Waals surface area contributed by atoms with Crippen LogP contribution >= 0.6 is 12.2 Å². The summed E-state index contributed by atoms with van der Waals surface area (Å²) in [7, 11) is 1.60. The Kier molecular flexibility index (Phi) is 4.14. The van der Waals surface area contributed by atoms with Gasteiger partial charge in [0, 0.05) is 13.0 Å². The lowest BCUT2D eigenvalue weighted by atomic mass is 10.2. The highest BCUT2D eigenvalue weighted by Crippen LogP contribution is 2.32. The van der Waals surface area contributed by atoms with Crippen molar-refractivity contribution in [2.45, 2.75) is 25.9 Å². The second-order valence-corrected chi connectivity index (χ2v) is 5.99. The van der Waals surface area contributed by atoms with Gasteiger partial charge in [-0.25, -0.2) is 4.68 Å². The van der Waals surface area contributed by atoms with Crippen molar-refractivity contribution in [3.05, 3.63) is 29.2 Å². The minimum atomic E-state index is -4.55. The van der Waals surface area contributed by atoms with Crippen molar-refractivity contribution in [2.75, 3.05) is 5.32 Å². The number of aryl methyl sites for hydroxylation is 1. The van der Waals surface area contributed by atoms with Crippen molar-refractivity contribution in [3.8, 4) is 0 Å². The summed E-state index contributed by atoms with van der Waals surface area (Å²) in [5.41, 5.74) is -0.542. The van der Waals surface area contributed by atoms with E-state index in [1.165, 1.54) is 10.7 Å². The third-order valence-corrected chi connectivity index (χ3v) is 3.80. The Balaban J connectivity index is 2.14. The zero-order valence-corrected chi connectivity index (χ0v) is 14.2. The molecule has 0 amide bonds. The van der Waals surface area contributed by atoms with Crippen LogP contribution in [0.15, 0.2) is 12.1 Å². The molecule has 0 saturated carbocycles. The number of halogens is 3. The topological polar surface area (TPSA) is 85.8 Å². The molecular weight excluding hydrogens is 357 g/mol. The van der Waals surface area contributed by atoms with Gasteiger partial charge in [0.15, 0.2) is 5.65 Å². The van der Waals surface area contributed by atoms with Gasteiger partial charge in [0.25, 0.3) is 0 Å². The maximum atomic E-state index is 13.4. The molecule has 0 saturated heterocycles. The highest BCUT2D eigenvalue weighted by Gasteiger charge is 2.35. The number of tetrazole rings is 1. The minimum absolute atomic E-state index is 0.0196. The number of nitrogens with one attached hydrogen (secondary N) is 1. The third-order valence-electron chi connectivity index (χ3n) is 3.47. The molecule has 3 aromatic rings.